The van der Waals surface area contributed by atoms with Crippen LogP contribution in [-0.4, -0.2) is 77.7 Å². The number of piperazine rings is 1. The summed E-state index contributed by atoms with van der Waals surface area (Å²) in [5.41, 5.74) is 0.785. The molecule has 0 unspecified atom stereocenters. The second kappa shape index (κ2) is 9.40. The van der Waals surface area contributed by atoms with Crippen LogP contribution in [0.5, 0.6) is 0 Å². The molecule has 2 aliphatic heterocycles. The van der Waals surface area contributed by atoms with Gasteiger partial charge in [0.15, 0.2) is 0 Å². The maximum atomic E-state index is 13.1. The summed E-state index contributed by atoms with van der Waals surface area (Å²) in [6, 6.07) is 12.7. The lowest BCUT2D eigenvalue weighted by atomic mass is 10.1. The van der Waals surface area contributed by atoms with Crippen LogP contribution in [0, 0.1) is 0 Å². The number of hydrogen-bond acceptors (Lipinski definition) is 5. The van der Waals surface area contributed by atoms with Gasteiger partial charge in [0.1, 0.15) is 6.04 Å². The molecule has 2 fully saturated rings. The van der Waals surface area contributed by atoms with Gasteiger partial charge in [-0.25, -0.2) is 0 Å². The molecule has 8 heteroatoms. The fourth-order valence-corrected chi connectivity index (χ4v) is 4.75. The van der Waals surface area contributed by atoms with Gasteiger partial charge in [-0.05, 0) is 36.4 Å². The first kappa shape index (κ1) is 20.6. The zero-order valence-electron chi connectivity index (χ0n) is 16.8. The molecule has 7 nitrogen and oxygen atoms in total. The quantitative estimate of drug-likeness (QED) is 0.795. The second-order valence-corrected chi connectivity index (χ2v) is 8.60. The summed E-state index contributed by atoms with van der Waals surface area (Å²) >= 11 is 1.41. The molecule has 4 rings (SSSR count). The van der Waals surface area contributed by atoms with E-state index in [0.717, 1.165) is 18.5 Å². The molecule has 1 N–H and O–H groups in total. The van der Waals surface area contributed by atoms with Crippen molar-refractivity contribution >= 4 is 34.7 Å². The number of nitrogens with one attached hydrogen (secondary N) is 1. The normalized spacial score (nSPS) is 19.7. The van der Waals surface area contributed by atoms with E-state index >= 15 is 0 Å². The van der Waals surface area contributed by atoms with Crippen molar-refractivity contribution in [3.8, 4) is 0 Å². The summed E-state index contributed by atoms with van der Waals surface area (Å²) in [5, 5.41) is 4.78. The van der Waals surface area contributed by atoms with Gasteiger partial charge < -0.3 is 15.1 Å². The van der Waals surface area contributed by atoms with Crippen LogP contribution in [0.15, 0.2) is 47.8 Å². The summed E-state index contributed by atoms with van der Waals surface area (Å²) in [7, 11) is 0. The smallest absolute Gasteiger partial charge is 0.264 e. The fraction of sp³-hybridized carbons (Fsp3) is 0.409. The van der Waals surface area contributed by atoms with Crippen molar-refractivity contribution in [3.63, 3.8) is 0 Å². The Balaban J connectivity index is 1.27. The highest BCUT2D eigenvalue weighted by Crippen LogP contribution is 2.24. The molecule has 0 bridgehead atoms. The van der Waals surface area contributed by atoms with Gasteiger partial charge in [0.2, 0.25) is 11.8 Å². The van der Waals surface area contributed by atoms with Gasteiger partial charge >= 0.3 is 0 Å². The Bertz CT molecular complexity index is 879. The van der Waals surface area contributed by atoms with E-state index in [0.29, 0.717) is 44.1 Å². The highest BCUT2D eigenvalue weighted by Gasteiger charge is 2.38. The van der Waals surface area contributed by atoms with E-state index in [4.69, 9.17) is 0 Å². The second-order valence-electron chi connectivity index (χ2n) is 7.65. The summed E-state index contributed by atoms with van der Waals surface area (Å²) in [4.78, 5) is 44.4. The van der Waals surface area contributed by atoms with Crippen LogP contribution in [-0.2, 0) is 9.59 Å². The Morgan fingerprint density at radius 2 is 1.73 bits per heavy atom. The number of thiophene rings is 1. The number of benzene rings is 1. The lowest BCUT2D eigenvalue weighted by Crippen LogP contribution is -2.55. The summed E-state index contributed by atoms with van der Waals surface area (Å²) in [6.07, 6.45) is 1.57. The molecule has 0 aliphatic carbocycles. The summed E-state index contributed by atoms with van der Waals surface area (Å²) in [6.45, 7) is 3.40. The molecule has 1 aromatic heterocycles. The SMILES string of the molecule is O=C(CN1CCN(C(=O)[C@@H]2CCCN2C(=O)c2cccs2)CC1)Nc1ccccc1. The lowest BCUT2D eigenvalue weighted by Gasteiger charge is -2.37. The molecule has 1 atom stereocenters. The van der Waals surface area contributed by atoms with E-state index in [9.17, 15) is 14.4 Å². The van der Waals surface area contributed by atoms with Gasteiger partial charge in [-0.2, -0.15) is 0 Å². The Kier molecular flexibility index (Phi) is 6.44. The maximum Gasteiger partial charge on any atom is 0.264 e. The molecule has 0 saturated carbocycles. The molecule has 3 amide bonds. The standard InChI is InChI=1S/C22H26N4O3S/c27-20(23-17-6-2-1-3-7-17)16-24-11-13-25(14-12-24)21(28)18-8-4-10-26(18)22(29)19-9-5-15-30-19/h1-3,5-7,9,15,18H,4,8,10-14,16H2,(H,23,27)/t18-/m0/s1. The van der Waals surface area contributed by atoms with Gasteiger partial charge in [-0.3, -0.25) is 19.3 Å². The number of nitrogens with zero attached hydrogens (tertiary/aromatic N) is 3. The minimum atomic E-state index is -0.368. The molecule has 0 spiro atoms. The van der Waals surface area contributed by atoms with Crippen molar-refractivity contribution in [1.82, 2.24) is 14.7 Å². The Hall–Kier alpha value is -2.71. The van der Waals surface area contributed by atoms with Gasteiger partial charge in [0.05, 0.1) is 11.4 Å². The Labute approximate surface area is 180 Å². The molecule has 1 aromatic carbocycles. The number of likely N-dealkylation sites (tertiary alicyclic amines) is 1. The topological polar surface area (TPSA) is 73.0 Å². The van der Waals surface area contributed by atoms with Crippen LogP contribution in [0.4, 0.5) is 5.69 Å². The number of anilines is 1. The van der Waals surface area contributed by atoms with E-state index in [1.807, 2.05) is 52.7 Å². The van der Waals surface area contributed by atoms with Crippen LogP contribution in [0.2, 0.25) is 0 Å². The van der Waals surface area contributed by atoms with Crippen molar-refractivity contribution in [1.29, 1.82) is 0 Å². The van der Waals surface area contributed by atoms with Gasteiger partial charge in [-0.1, -0.05) is 24.3 Å². The third-order valence-electron chi connectivity index (χ3n) is 5.64. The summed E-state index contributed by atoms with van der Waals surface area (Å²) < 4.78 is 0. The van der Waals surface area contributed by atoms with Crippen LogP contribution >= 0.6 is 11.3 Å². The first-order chi connectivity index (χ1) is 14.6. The monoisotopic (exact) mass is 426 g/mol. The van der Waals surface area contributed by atoms with Gasteiger partial charge in [0, 0.05) is 38.4 Å². The highest BCUT2D eigenvalue weighted by molar-refractivity contribution is 7.12. The Morgan fingerprint density at radius 1 is 0.967 bits per heavy atom. The van der Waals surface area contributed by atoms with E-state index in [1.54, 1.807) is 4.90 Å². The fourth-order valence-electron chi connectivity index (χ4n) is 4.07. The molecular formula is C22H26N4O3S. The van der Waals surface area contributed by atoms with Crippen molar-refractivity contribution < 1.29 is 14.4 Å². The predicted octanol–water partition coefficient (Wildman–Crippen LogP) is 2.14. The number of rotatable bonds is 5. The summed E-state index contributed by atoms with van der Waals surface area (Å²) in [5.74, 6) is -0.0626. The van der Waals surface area contributed by atoms with E-state index in [1.165, 1.54) is 11.3 Å². The third-order valence-corrected chi connectivity index (χ3v) is 6.50. The van der Waals surface area contributed by atoms with Crippen LogP contribution in [0.1, 0.15) is 22.5 Å². The van der Waals surface area contributed by atoms with Crippen molar-refractivity contribution in [3.05, 3.63) is 52.7 Å². The molecule has 0 radical (unpaired) electrons. The number of para-hydroxylation sites is 1. The zero-order valence-corrected chi connectivity index (χ0v) is 17.6. The maximum absolute atomic E-state index is 13.1. The number of hydrogen-bond donors (Lipinski definition) is 1. The van der Waals surface area contributed by atoms with Crippen LogP contribution < -0.4 is 5.32 Å². The number of carbonyl (C=O) groups excluding carboxylic acids is 3. The predicted molar refractivity (Wildman–Crippen MR) is 116 cm³/mol. The lowest BCUT2D eigenvalue weighted by molar-refractivity contribution is -0.137. The molecule has 3 heterocycles. The van der Waals surface area contributed by atoms with Crippen molar-refractivity contribution in [2.24, 2.45) is 0 Å². The zero-order chi connectivity index (χ0) is 20.9. The van der Waals surface area contributed by atoms with Gasteiger partial charge in [0.25, 0.3) is 5.91 Å². The van der Waals surface area contributed by atoms with E-state index in [2.05, 4.69) is 10.2 Å². The molecule has 158 valence electrons. The minimum Gasteiger partial charge on any atom is -0.338 e. The van der Waals surface area contributed by atoms with Crippen molar-refractivity contribution in [2.45, 2.75) is 18.9 Å². The van der Waals surface area contributed by atoms with Crippen LogP contribution in [0.25, 0.3) is 0 Å². The highest BCUT2D eigenvalue weighted by atomic mass is 32.1. The molecule has 2 saturated heterocycles. The van der Waals surface area contributed by atoms with E-state index < -0.39 is 0 Å². The first-order valence-corrected chi connectivity index (χ1v) is 11.2. The van der Waals surface area contributed by atoms with E-state index in [-0.39, 0.29) is 23.8 Å². The van der Waals surface area contributed by atoms with Gasteiger partial charge in [-0.15, -0.1) is 11.3 Å². The number of amides is 3. The average Bonchev–Trinajstić information content (AvgIpc) is 3.46. The molecule has 2 aliphatic rings. The van der Waals surface area contributed by atoms with Crippen molar-refractivity contribution in [2.75, 3.05) is 44.6 Å². The molecule has 2 aromatic rings. The van der Waals surface area contributed by atoms with Crippen LogP contribution in [0.3, 0.4) is 0 Å². The first-order valence-electron chi connectivity index (χ1n) is 10.3. The Morgan fingerprint density at radius 3 is 2.43 bits per heavy atom. The third kappa shape index (κ3) is 4.71. The average molecular weight is 427 g/mol. The number of carbonyl (C=O) groups is 3. The molecule has 30 heavy (non-hydrogen) atoms. The molecular weight excluding hydrogens is 400 g/mol. The largest absolute Gasteiger partial charge is 0.338 e. The minimum absolute atomic E-state index is 0.0331.